The number of pyridine rings is 2. The average molecular weight is 516 g/mol. The molecule has 1 aliphatic heterocycles. The highest BCUT2D eigenvalue weighted by Gasteiger charge is 2.20. The number of anilines is 2. The zero-order chi connectivity index (χ0) is 27.4. The molecule has 38 heavy (non-hydrogen) atoms. The molecule has 0 aliphatic carbocycles. The Balaban J connectivity index is 1.70. The number of aromatic amines is 1. The Bertz CT molecular complexity index is 1370. The van der Waals surface area contributed by atoms with E-state index in [0.717, 1.165) is 52.5 Å². The fourth-order valence-corrected chi connectivity index (χ4v) is 4.68. The van der Waals surface area contributed by atoms with Crippen LogP contribution in [0.3, 0.4) is 0 Å². The first-order valence-electron chi connectivity index (χ1n) is 13.0. The van der Waals surface area contributed by atoms with Crippen LogP contribution in [0.2, 0.25) is 0 Å². The van der Waals surface area contributed by atoms with Crippen molar-refractivity contribution in [2.45, 2.75) is 40.3 Å². The molecule has 0 radical (unpaired) electrons. The third-order valence-corrected chi connectivity index (χ3v) is 7.10. The molecule has 4 rings (SSSR count). The van der Waals surface area contributed by atoms with Crippen molar-refractivity contribution in [1.82, 2.24) is 15.3 Å². The standard InChI is InChI=1S/C30H37N5O3/c1-7-24-25(29(36)32-18-26-20(4)14-21(5)33-30(26)37)15-23(16-27(24)34(6)19(2)3)22-8-9-28(31-17-22)35-10-12-38-13-11-35/h7-9,14-17,19H,1,10-13,18H2,2-6H3,(H,32,36)(H,33,37). The number of nitrogens with one attached hydrogen (secondary N) is 2. The van der Waals surface area contributed by atoms with Crippen LogP contribution in [0.4, 0.5) is 11.5 Å². The van der Waals surface area contributed by atoms with Gasteiger partial charge in [0, 0.05) is 72.6 Å². The third kappa shape index (κ3) is 5.81. The summed E-state index contributed by atoms with van der Waals surface area (Å²) in [4.78, 5) is 37.9. The Morgan fingerprint density at radius 1 is 1.21 bits per heavy atom. The predicted molar refractivity (Wildman–Crippen MR) is 154 cm³/mol. The van der Waals surface area contributed by atoms with Gasteiger partial charge < -0.3 is 24.8 Å². The number of nitrogens with zero attached hydrogens (tertiary/aromatic N) is 3. The van der Waals surface area contributed by atoms with Gasteiger partial charge >= 0.3 is 0 Å². The second-order valence-corrected chi connectivity index (χ2v) is 10.00. The normalized spacial score (nSPS) is 13.5. The van der Waals surface area contributed by atoms with Crippen molar-refractivity contribution in [3.63, 3.8) is 0 Å². The molecule has 200 valence electrons. The number of aryl methyl sites for hydroxylation is 2. The number of hydrogen-bond donors (Lipinski definition) is 2. The molecule has 0 bridgehead atoms. The lowest BCUT2D eigenvalue weighted by Gasteiger charge is -2.28. The molecule has 1 amide bonds. The minimum absolute atomic E-state index is 0.131. The Kier molecular flexibility index (Phi) is 8.32. The van der Waals surface area contributed by atoms with Crippen molar-refractivity contribution in [1.29, 1.82) is 0 Å². The van der Waals surface area contributed by atoms with E-state index < -0.39 is 0 Å². The first-order valence-corrected chi connectivity index (χ1v) is 13.0. The molecule has 2 N–H and O–H groups in total. The monoisotopic (exact) mass is 515 g/mol. The maximum atomic E-state index is 13.6. The van der Waals surface area contributed by atoms with E-state index in [0.29, 0.717) is 24.3 Å². The SMILES string of the molecule is C=Cc1c(C(=O)NCc2c(C)cc(C)[nH]c2=O)cc(-c2ccc(N3CCOCC3)nc2)cc1N(C)C(C)C. The van der Waals surface area contributed by atoms with E-state index in [1.807, 2.05) is 51.4 Å². The molecule has 0 unspecified atom stereocenters. The Morgan fingerprint density at radius 2 is 1.95 bits per heavy atom. The van der Waals surface area contributed by atoms with Crippen molar-refractivity contribution >= 4 is 23.5 Å². The van der Waals surface area contributed by atoms with Crippen molar-refractivity contribution in [2.75, 3.05) is 43.2 Å². The van der Waals surface area contributed by atoms with Crippen LogP contribution in [0.25, 0.3) is 17.2 Å². The highest BCUT2D eigenvalue weighted by molar-refractivity contribution is 6.01. The zero-order valence-electron chi connectivity index (χ0n) is 22.9. The molecule has 2 aromatic heterocycles. The molecule has 0 saturated carbocycles. The number of ether oxygens (including phenoxy) is 1. The molecule has 1 aromatic carbocycles. The largest absolute Gasteiger partial charge is 0.378 e. The number of rotatable bonds is 8. The van der Waals surface area contributed by atoms with Gasteiger partial charge in [-0.2, -0.15) is 0 Å². The predicted octanol–water partition coefficient (Wildman–Crippen LogP) is 4.31. The minimum atomic E-state index is -0.266. The summed E-state index contributed by atoms with van der Waals surface area (Å²) >= 11 is 0. The van der Waals surface area contributed by atoms with E-state index in [1.54, 1.807) is 6.08 Å². The number of morpholine rings is 1. The van der Waals surface area contributed by atoms with E-state index in [-0.39, 0.29) is 24.1 Å². The summed E-state index contributed by atoms with van der Waals surface area (Å²) in [6, 6.07) is 10.1. The Morgan fingerprint density at radius 3 is 2.55 bits per heavy atom. The van der Waals surface area contributed by atoms with Gasteiger partial charge in [0.1, 0.15) is 5.82 Å². The highest BCUT2D eigenvalue weighted by atomic mass is 16.5. The summed E-state index contributed by atoms with van der Waals surface area (Å²) in [7, 11) is 2.01. The number of aromatic nitrogens is 2. The second kappa shape index (κ2) is 11.6. The van der Waals surface area contributed by atoms with Crippen molar-refractivity contribution in [3.8, 4) is 11.1 Å². The van der Waals surface area contributed by atoms with Gasteiger partial charge in [-0.3, -0.25) is 9.59 Å². The molecule has 0 spiro atoms. The molecule has 8 nitrogen and oxygen atoms in total. The summed E-state index contributed by atoms with van der Waals surface area (Å²) in [5, 5.41) is 2.96. The summed E-state index contributed by atoms with van der Waals surface area (Å²) in [6.45, 7) is 15.1. The molecule has 3 aromatic rings. The van der Waals surface area contributed by atoms with Crippen LogP contribution < -0.4 is 20.7 Å². The number of carbonyl (C=O) groups is 1. The smallest absolute Gasteiger partial charge is 0.253 e. The Labute approximate surface area is 224 Å². The van der Waals surface area contributed by atoms with Crippen LogP contribution in [0.5, 0.6) is 0 Å². The quantitative estimate of drug-likeness (QED) is 0.465. The van der Waals surface area contributed by atoms with Crippen LogP contribution >= 0.6 is 0 Å². The molecule has 1 fully saturated rings. The Hall–Kier alpha value is -3.91. The maximum Gasteiger partial charge on any atom is 0.253 e. The minimum Gasteiger partial charge on any atom is -0.378 e. The first-order chi connectivity index (χ1) is 18.2. The van der Waals surface area contributed by atoms with Crippen LogP contribution in [0, 0.1) is 13.8 Å². The first kappa shape index (κ1) is 27.1. The zero-order valence-corrected chi connectivity index (χ0v) is 22.9. The number of carbonyl (C=O) groups excluding carboxylic acids is 1. The second-order valence-electron chi connectivity index (χ2n) is 10.00. The van der Waals surface area contributed by atoms with Gasteiger partial charge in [-0.1, -0.05) is 12.7 Å². The summed E-state index contributed by atoms with van der Waals surface area (Å²) in [6.07, 6.45) is 3.57. The fraction of sp³-hybridized carbons (Fsp3) is 0.367. The molecule has 0 atom stereocenters. The summed E-state index contributed by atoms with van der Waals surface area (Å²) in [5.74, 6) is 0.647. The summed E-state index contributed by atoms with van der Waals surface area (Å²) < 4.78 is 5.45. The molecule has 8 heteroatoms. The van der Waals surface area contributed by atoms with E-state index in [1.165, 1.54) is 0 Å². The molecular formula is C30H37N5O3. The van der Waals surface area contributed by atoms with E-state index in [4.69, 9.17) is 9.72 Å². The van der Waals surface area contributed by atoms with Crippen LogP contribution in [-0.2, 0) is 11.3 Å². The average Bonchev–Trinajstić information content (AvgIpc) is 2.91. The molecule has 1 aliphatic rings. The topological polar surface area (TPSA) is 90.6 Å². The summed E-state index contributed by atoms with van der Waals surface area (Å²) in [5.41, 5.74) is 5.93. The van der Waals surface area contributed by atoms with Gasteiger partial charge in [0.2, 0.25) is 0 Å². The lowest BCUT2D eigenvalue weighted by molar-refractivity contribution is 0.0950. The number of H-pyrrole nitrogens is 1. The lowest BCUT2D eigenvalue weighted by atomic mass is 9.96. The highest BCUT2D eigenvalue weighted by Crippen LogP contribution is 2.33. The fourth-order valence-electron chi connectivity index (χ4n) is 4.68. The van der Waals surface area contributed by atoms with Gasteiger partial charge in [0.25, 0.3) is 11.5 Å². The molecule has 1 saturated heterocycles. The third-order valence-electron chi connectivity index (χ3n) is 7.10. The van der Waals surface area contributed by atoms with Gasteiger partial charge in [-0.25, -0.2) is 4.98 Å². The molecule has 3 heterocycles. The maximum absolute atomic E-state index is 13.6. The van der Waals surface area contributed by atoms with Crippen molar-refractivity contribution in [2.24, 2.45) is 0 Å². The van der Waals surface area contributed by atoms with Crippen LogP contribution in [0.1, 0.15) is 46.6 Å². The van der Waals surface area contributed by atoms with Crippen LogP contribution in [0.15, 0.2) is 47.9 Å². The molecular weight excluding hydrogens is 478 g/mol. The number of amides is 1. The van der Waals surface area contributed by atoms with Gasteiger partial charge in [0.05, 0.1) is 13.2 Å². The van der Waals surface area contributed by atoms with Gasteiger partial charge in [0.15, 0.2) is 0 Å². The number of hydrogen-bond acceptors (Lipinski definition) is 6. The van der Waals surface area contributed by atoms with E-state index >= 15 is 0 Å². The number of benzene rings is 1. The van der Waals surface area contributed by atoms with E-state index in [2.05, 4.69) is 46.6 Å². The van der Waals surface area contributed by atoms with Crippen molar-refractivity contribution in [3.05, 3.63) is 81.4 Å². The van der Waals surface area contributed by atoms with Crippen molar-refractivity contribution < 1.29 is 9.53 Å². The van der Waals surface area contributed by atoms with E-state index in [9.17, 15) is 9.59 Å². The van der Waals surface area contributed by atoms with Gasteiger partial charge in [-0.15, -0.1) is 0 Å². The lowest BCUT2D eigenvalue weighted by Crippen LogP contribution is -2.36. The van der Waals surface area contributed by atoms with Gasteiger partial charge in [-0.05, 0) is 69.2 Å². The van der Waals surface area contributed by atoms with Crippen LogP contribution in [-0.4, -0.2) is 55.3 Å².